The summed E-state index contributed by atoms with van der Waals surface area (Å²) >= 11 is 0. The molecule has 5 nitrogen and oxygen atoms in total. The Morgan fingerprint density at radius 2 is 1.94 bits per heavy atom. The minimum absolute atomic E-state index is 0.236. The van der Waals surface area contributed by atoms with E-state index in [0.717, 1.165) is 50.1 Å². The van der Waals surface area contributed by atoms with Gasteiger partial charge in [0.25, 0.3) is 0 Å². The summed E-state index contributed by atoms with van der Waals surface area (Å²) in [6.07, 6.45) is 5.02. The van der Waals surface area contributed by atoms with Crippen LogP contribution in [0.3, 0.4) is 0 Å². The number of aromatic nitrogens is 1. The van der Waals surface area contributed by atoms with Crippen molar-refractivity contribution in [2.45, 2.75) is 27.7 Å². The number of aryl methyl sites for hydroxylation is 2. The number of nitrogens with zero attached hydrogens (tertiary/aromatic N) is 1. The monoisotopic (exact) mass is 426 g/mol. The van der Waals surface area contributed by atoms with Gasteiger partial charge in [0.2, 0.25) is 5.91 Å². The van der Waals surface area contributed by atoms with Crippen LogP contribution in [0.2, 0.25) is 0 Å². The third-order valence-corrected chi connectivity index (χ3v) is 5.44. The maximum absolute atomic E-state index is 12.7. The van der Waals surface area contributed by atoms with Crippen molar-refractivity contribution in [3.8, 4) is 16.9 Å². The highest BCUT2D eigenvalue weighted by Gasteiger charge is 2.19. The molecule has 0 fully saturated rings. The third kappa shape index (κ3) is 4.14. The number of nitrogens with one attached hydrogen (secondary N) is 1. The van der Waals surface area contributed by atoms with Crippen LogP contribution in [0.25, 0.3) is 27.7 Å². The lowest BCUT2D eigenvalue weighted by molar-refractivity contribution is -0.111. The molecule has 2 aromatic carbocycles. The highest BCUT2D eigenvalue weighted by Crippen LogP contribution is 2.40. The van der Waals surface area contributed by atoms with E-state index in [2.05, 4.69) is 22.4 Å². The smallest absolute Gasteiger partial charge is 0.249 e. The lowest BCUT2D eigenvalue weighted by Crippen LogP contribution is -2.11. The number of furan rings is 1. The lowest BCUT2D eigenvalue weighted by Gasteiger charge is -2.15. The molecule has 0 atom stereocenters. The van der Waals surface area contributed by atoms with E-state index in [9.17, 15) is 4.79 Å². The van der Waals surface area contributed by atoms with E-state index in [4.69, 9.17) is 9.15 Å². The van der Waals surface area contributed by atoms with Crippen LogP contribution in [0.5, 0.6) is 5.75 Å². The molecule has 0 bridgehead atoms. The third-order valence-electron chi connectivity index (χ3n) is 5.44. The summed E-state index contributed by atoms with van der Waals surface area (Å²) in [7, 11) is 0. The zero-order chi connectivity index (χ0) is 22.7. The number of carbonyl (C=O) groups excluding carboxylic acids is 1. The van der Waals surface area contributed by atoms with Crippen molar-refractivity contribution in [3.05, 3.63) is 83.8 Å². The average Bonchev–Trinajstić information content (AvgIpc) is 3.22. The van der Waals surface area contributed by atoms with Gasteiger partial charge in [0.1, 0.15) is 17.2 Å². The largest absolute Gasteiger partial charge is 0.493 e. The van der Waals surface area contributed by atoms with Crippen molar-refractivity contribution in [2.75, 3.05) is 11.9 Å². The number of allylic oxidation sites excluding steroid dienone is 1. The number of fused-ring (bicyclic) bond motifs is 1. The van der Waals surface area contributed by atoms with Crippen molar-refractivity contribution >= 4 is 28.3 Å². The van der Waals surface area contributed by atoms with Gasteiger partial charge >= 0.3 is 0 Å². The number of rotatable bonds is 6. The summed E-state index contributed by atoms with van der Waals surface area (Å²) in [4.78, 5) is 17.0. The van der Waals surface area contributed by atoms with Crippen molar-refractivity contribution < 1.29 is 13.9 Å². The van der Waals surface area contributed by atoms with E-state index in [1.165, 1.54) is 0 Å². The lowest BCUT2D eigenvalue weighted by atomic mass is 9.96. The first kappa shape index (κ1) is 21.4. The molecule has 0 radical (unpaired) electrons. The molecule has 162 valence electrons. The number of ether oxygens (including phenoxy) is 1. The van der Waals surface area contributed by atoms with E-state index >= 15 is 0 Å². The van der Waals surface area contributed by atoms with Gasteiger partial charge in [-0.2, -0.15) is 0 Å². The quantitative estimate of drug-likeness (QED) is 0.355. The van der Waals surface area contributed by atoms with Gasteiger partial charge in [-0.1, -0.05) is 36.4 Å². The van der Waals surface area contributed by atoms with Crippen LogP contribution in [0.15, 0.2) is 71.5 Å². The highest BCUT2D eigenvalue weighted by molar-refractivity contribution is 6.05. The number of anilines is 1. The molecule has 0 spiro atoms. The summed E-state index contributed by atoms with van der Waals surface area (Å²) in [5.41, 5.74) is 6.35. The van der Waals surface area contributed by atoms with Gasteiger partial charge in [-0.3, -0.25) is 4.79 Å². The molecule has 0 aliphatic rings. The van der Waals surface area contributed by atoms with Gasteiger partial charge in [-0.25, -0.2) is 4.98 Å². The van der Waals surface area contributed by atoms with Crippen molar-refractivity contribution in [2.24, 2.45) is 0 Å². The minimum Gasteiger partial charge on any atom is -0.493 e. The maximum Gasteiger partial charge on any atom is 0.249 e. The number of carbonyl (C=O) groups is 1. The summed E-state index contributed by atoms with van der Waals surface area (Å²) in [5, 5.41) is 3.85. The second-order valence-corrected chi connectivity index (χ2v) is 7.69. The predicted molar refractivity (Wildman–Crippen MR) is 129 cm³/mol. The Labute approximate surface area is 187 Å². The zero-order valence-electron chi connectivity index (χ0n) is 18.7. The second-order valence-electron chi connectivity index (χ2n) is 7.69. The Bertz CT molecular complexity index is 1300. The maximum atomic E-state index is 12.7. The fourth-order valence-electron chi connectivity index (χ4n) is 3.82. The summed E-state index contributed by atoms with van der Waals surface area (Å²) < 4.78 is 11.9. The number of amides is 1. The van der Waals surface area contributed by atoms with Crippen LogP contribution < -0.4 is 10.1 Å². The fourth-order valence-corrected chi connectivity index (χ4v) is 3.82. The second kappa shape index (κ2) is 9.10. The molecular formula is C27H26N2O3. The molecular weight excluding hydrogens is 400 g/mol. The van der Waals surface area contributed by atoms with E-state index in [1.807, 2.05) is 64.1 Å². The van der Waals surface area contributed by atoms with Gasteiger partial charge in [0.05, 0.1) is 12.9 Å². The molecule has 0 aliphatic heterocycles. The molecule has 1 amide bonds. The molecule has 4 aromatic rings. The highest BCUT2D eigenvalue weighted by atomic mass is 16.5. The van der Waals surface area contributed by atoms with Crippen LogP contribution in [0, 0.1) is 13.8 Å². The minimum atomic E-state index is -0.236. The molecule has 0 saturated carbocycles. The molecule has 0 unspecified atom stereocenters. The first-order valence-corrected chi connectivity index (χ1v) is 10.6. The Morgan fingerprint density at radius 1 is 1.16 bits per heavy atom. The Balaban J connectivity index is 1.79. The number of benzene rings is 2. The first-order valence-electron chi connectivity index (χ1n) is 10.6. The summed E-state index contributed by atoms with van der Waals surface area (Å²) in [5.74, 6) is 1.05. The molecule has 4 rings (SSSR count). The molecule has 5 heteroatoms. The van der Waals surface area contributed by atoms with Crippen LogP contribution in [0.1, 0.15) is 30.5 Å². The van der Waals surface area contributed by atoms with Crippen LogP contribution in [-0.2, 0) is 4.79 Å². The van der Waals surface area contributed by atoms with Crippen molar-refractivity contribution in [1.29, 1.82) is 0 Å². The summed E-state index contributed by atoms with van der Waals surface area (Å²) in [6.45, 7) is 8.27. The van der Waals surface area contributed by atoms with Gasteiger partial charge in [0.15, 0.2) is 0 Å². The number of pyridine rings is 1. The summed E-state index contributed by atoms with van der Waals surface area (Å²) in [6, 6.07) is 15.9. The Morgan fingerprint density at radius 3 is 2.66 bits per heavy atom. The van der Waals surface area contributed by atoms with Crippen LogP contribution in [0.4, 0.5) is 5.82 Å². The van der Waals surface area contributed by atoms with Crippen LogP contribution >= 0.6 is 0 Å². The molecule has 2 aromatic heterocycles. The Hall–Kier alpha value is -3.86. The average molecular weight is 427 g/mol. The fraction of sp³-hybridized carbons (Fsp3) is 0.185. The SMILES string of the molecule is CCOc1c(/C(C)=C/C(=O)Nc2ncccc2C)cc2c(-c3ccccc3)coc2c1C. The number of hydrogen-bond acceptors (Lipinski definition) is 4. The predicted octanol–water partition coefficient (Wildman–Crippen LogP) is 6.55. The Kier molecular flexibility index (Phi) is 6.08. The van der Waals surface area contributed by atoms with E-state index < -0.39 is 0 Å². The topological polar surface area (TPSA) is 64.4 Å². The van der Waals surface area contributed by atoms with Gasteiger partial charge in [0, 0.05) is 34.3 Å². The standard InChI is InChI=1S/C27H26N2O3/c1-5-31-25-19(4)26-22(23(16-32-26)20-11-7-6-8-12-20)15-21(25)18(3)14-24(30)29-27-17(2)10-9-13-28-27/h6-16H,5H2,1-4H3,(H,28,29,30)/b18-14+. The molecule has 1 N–H and O–H groups in total. The van der Waals surface area contributed by atoms with E-state index in [1.54, 1.807) is 18.5 Å². The van der Waals surface area contributed by atoms with Crippen molar-refractivity contribution in [1.82, 2.24) is 4.98 Å². The van der Waals surface area contributed by atoms with Gasteiger partial charge in [-0.15, -0.1) is 0 Å². The van der Waals surface area contributed by atoms with Crippen molar-refractivity contribution in [3.63, 3.8) is 0 Å². The van der Waals surface area contributed by atoms with E-state index in [0.29, 0.717) is 12.4 Å². The molecule has 0 aliphatic carbocycles. The van der Waals surface area contributed by atoms with E-state index in [-0.39, 0.29) is 5.91 Å². The molecule has 2 heterocycles. The van der Waals surface area contributed by atoms with Gasteiger partial charge < -0.3 is 14.5 Å². The first-order chi connectivity index (χ1) is 15.5. The van der Waals surface area contributed by atoms with Gasteiger partial charge in [-0.05, 0) is 56.5 Å². The zero-order valence-corrected chi connectivity index (χ0v) is 18.7. The molecule has 32 heavy (non-hydrogen) atoms. The molecule has 0 saturated heterocycles. The van der Waals surface area contributed by atoms with Crippen LogP contribution in [-0.4, -0.2) is 17.5 Å². The number of hydrogen-bond donors (Lipinski definition) is 1. The normalized spacial score (nSPS) is 11.6.